The van der Waals surface area contributed by atoms with Gasteiger partial charge in [0.2, 0.25) is 5.91 Å². The summed E-state index contributed by atoms with van der Waals surface area (Å²) in [5.41, 5.74) is 5.31. The van der Waals surface area contributed by atoms with E-state index < -0.39 is 0 Å². The number of rotatable bonds is 3. The summed E-state index contributed by atoms with van der Waals surface area (Å²) >= 11 is 0. The third-order valence-corrected chi connectivity index (χ3v) is 3.97. The van der Waals surface area contributed by atoms with Gasteiger partial charge in [0.05, 0.1) is 0 Å². The molecule has 0 atom stereocenters. The van der Waals surface area contributed by atoms with Crippen LogP contribution in [0.4, 0.5) is 0 Å². The van der Waals surface area contributed by atoms with Crippen molar-refractivity contribution in [2.45, 2.75) is 57.5 Å². The van der Waals surface area contributed by atoms with E-state index >= 15 is 0 Å². The molecule has 3 N–H and O–H groups in total. The molecular weight excluding hydrogens is 188 g/mol. The van der Waals surface area contributed by atoms with Crippen LogP contribution in [0.5, 0.6) is 0 Å². The van der Waals surface area contributed by atoms with Crippen molar-refractivity contribution in [1.29, 1.82) is 0 Å². The molecule has 0 heterocycles. The Kier molecular flexibility index (Phi) is 3.29. The number of amides is 1. The highest BCUT2D eigenvalue weighted by atomic mass is 16.1. The summed E-state index contributed by atoms with van der Waals surface area (Å²) in [7, 11) is 0. The van der Waals surface area contributed by atoms with Crippen molar-refractivity contribution >= 4 is 5.91 Å². The summed E-state index contributed by atoms with van der Waals surface area (Å²) < 4.78 is 0. The fourth-order valence-corrected chi connectivity index (χ4v) is 2.92. The van der Waals surface area contributed by atoms with Crippen molar-refractivity contribution in [2.75, 3.05) is 0 Å². The minimum absolute atomic E-state index is 0.106. The molecule has 3 heteroatoms. The van der Waals surface area contributed by atoms with Gasteiger partial charge >= 0.3 is 0 Å². The van der Waals surface area contributed by atoms with Gasteiger partial charge in [-0.25, -0.2) is 0 Å². The number of hydrogen-bond acceptors (Lipinski definition) is 2. The highest BCUT2D eigenvalue weighted by Crippen LogP contribution is 2.30. The van der Waals surface area contributed by atoms with Gasteiger partial charge in [-0.15, -0.1) is 0 Å². The van der Waals surface area contributed by atoms with E-state index in [-0.39, 0.29) is 11.8 Å². The first kappa shape index (κ1) is 10.9. The molecule has 15 heavy (non-hydrogen) atoms. The molecule has 2 rings (SSSR count). The van der Waals surface area contributed by atoms with Gasteiger partial charge in [0, 0.05) is 18.0 Å². The zero-order valence-corrected chi connectivity index (χ0v) is 9.54. The van der Waals surface area contributed by atoms with E-state index in [4.69, 9.17) is 5.73 Å². The van der Waals surface area contributed by atoms with Crippen LogP contribution in [0.15, 0.2) is 0 Å². The summed E-state index contributed by atoms with van der Waals surface area (Å²) in [5, 5.41) is 3.69. The number of hydrogen-bond donors (Lipinski definition) is 2. The smallest absolute Gasteiger partial charge is 0.220 e. The summed E-state index contributed by atoms with van der Waals surface area (Å²) in [5.74, 6) is 0.943. The maximum atomic E-state index is 11.0. The minimum atomic E-state index is -0.106. The molecule has 0 aliphatic heterocycles. The fourth-order valence-electron chi connectivity index (χ4n) is 2.92. The first-order valence-electron chi connectivity index (χ1n) is 6.20. The molecule has 86 valence electrons. The van der Waals surface area contributed by atoms with Crippen LogP contribution in [-0.4, -0.2) is 18.0 Å². The average molecular weight is 210 g/mol. The quantitative estimate of drug-likeness (QED) is 0.740. The lowest BCUT2D eigenvalue weighted by atomic mass is 9.79. The highest BCUT2D eigenvalue weighted by molar-refractivity contribution is 5.76. The Labute approximate surface area is 91.8 Å². The van der Waals surface area contributed by atoms with Crippen molar-refractivity contribution in [3.63, 3.8) is 0 Å². The summed E-state index contributed by atoms with van der Waals surface area (Å²) in [6, 6.07) is 1.38. The molecule has 0 saturated heterocycles. The van der Waals surface area contributed by atoms with Gasteiger partial charge in [0.15, 0.2) is 0 Å². The van der Waals surface area contributed by atoms with Gasteiger partial charge in [-0.2, -0.15) is 0 Å². The van der Waals surface area contributed by atoms with E-state index in [1.807, 2.05) is 0 Å². The monoisotopic (exact) mass is 210 g/mol. The van der Waals surface area contributed by atoms with E-state index in [9.17, 15) is 4.79 Å². The number of carbonyl (C=O) groups is 1. The van der Waals surface area contributed by atoms with Crippen LogP contribution in [0.1, 0.15) is 45.4 Å². The largest absolute Gasteiger partial charge is 0.369 e. The van der Waals surface area contributed by atoms with Gasteiger partial charge in [0.1, 0.15) is 0 Å². The van der Waals surface area contributed by atoms with Gasteiger partial charge in [0.25, 0.3) is 0 Å². The second-order valence-electron chi connectivity index (χ2n) is 5.39. The predicted octanol–water partition coefficient (Wildman–Crippen LogP) is 1.42. The van der Waals surface area contributed by atoms with Gasteiger partial charge < -0.3 is 11.1 Å². The maximum Gasteiger partial charge on any atom is 0.220 e. The van der Waals surface area contributed by atoms with E-state index in [1.54, 1.807) is 0 Å². The minimum Gasteiger partial charge on any atom is -0.369 e. The SMILES string of the molecule is CC1CC(NC2CCC(C(N)=O)CC2)C1. The molecule has 3 nitrogen and oxygen atoms in total. The normalized spacial score (nSPS) is 40.9. The molecule has 0 unspecified atom stereocenters. The number of nitrogens with one attached hydrogen (secondary N) is 1. The topological polar surface area (TPSA) is 55.1 Å². The molecule has 2 saturated carbocycles. The van der Waals surface area contributed by atoms with Gasteiger partial charge in [-0.05, 0) is 44.4 Å². The molecule has 1 amide bonds. The average Bonchev–Trinajstić information content (AvgIpc) is 2.16. The first-order valence-corrected chi connectivity index (χ1v) is 6.20. The summed E-state index contributed by atoms with van der Waals surface area (Å²) in [4.78, 5) is 11.0. The Morgan fingerprint density at radius 3 is 2.20 bits per heavy atom. The Bertz CT molecular complexity index is 228. The summed E-state index contributed by atoms with van der Waals surface area (Å²) in [6.07, 6.45) is 6.87. The van der Waals surface area contributed by atoms with Crippen LogP contribution in [-0.2, 0) is 4.79 Å². The van der Waals surface area contributed by atoms with Crippen molar-refractivity contribution in [2.24, 2.45) is 17.6 Å². The van der Waals surface area contributed by atoms with Gasteiger partial charge in [-0.1, -0.05) is 6.92 Å². The lowest BCUT2D eigenvalue weighted by Crippen LogP contribution is -2.47. The summed E-state index contributed by atoms with van der Waals surface area (Å²) in [6.45, 7) is 2.31. The van der Waals surface area contributed by atoms with Crippen LogP contribution in [0, 0.1) is 11.8 Å². The Morgan fingerprint density at radius 2 is 1.73 bits per heavy atom. The van der Waals surface area contributed by atoms with Crippen molar-refractivity contribution in [3.8, 4) is 0 Å². The third-order valence-electron chi connectivity index (χ3n) is 3.97. The molecule has 0 bridgehead atoms. The molecule has 2 fully saturated rings. The molecule has 2 aliphatic carbocycles. The van der Waals surface area contributed by atoms with Crippen LogP contribution >= 0.6 is 0 Å². The Morgan fingerprint density at radius 1 is 1.13 bits per heavy atom. The molecule has 2 aliphatic rings. The van der Waals surface area contributed by atoms with Crippen molar-refractivity contribution in [3.05, 3.63) is 0 Å². The second-order valence-corrected chi connectivity index (χ2v) is 5.39. The zero-order chi connectivity index (χ0) is 10.8. The fraction of sp³-hybridized carbons (Fsp3) is 0.917. The lowest BCUT2D eigenvalue weighted by molar-refractivity contribution is -0.122. The van der Waals surface area contributed by atoms with E-state index in [2.05, 4.69) is 12.2 Å². The van der Waals surface area contributed by atoms with Crippen LogP contribution < -0.4 is 11.1 Å². The maximum absolute atomic E-state index is 11.0. The standard InChI is InChI=1S/C12H22N2O/c1-8-6-11(7-8)14-10-4-2-9(3-5-10)12(13)15/h8-11,14H,2-7H2,1H3,(H2,13,15). The molecule has 0 radical (unpaired) electrons. The molecule has 0 aromatic carbocycles. The van der Waals surface area contributed by atoms with E-state index in [1.165, 1.54) is 12.8 Å². The zero-order valence-electron chi connectivity index (χ0n) is 9.54. The van der Waals surface area contributed by atoms with E-state index in [0.717, 1.165) is 37.6 Å². The van der Waals surface area contributed by atoms with E-state index in [0.29, 0.717) is 6.04 Å². The number of carbonyl (C=O) groups excluding carboxylic acids is 1. The van der Waals surface area contributed by atoms with Crippen LogP contribution in [0.25, 0.3) is 0 Å². The first-order chi connectivity index (χ1) is 7.15. The molecular formula is C12H22N2O. The van der Waals surface area contributed by atoms with Crippen molar-refractivity contribution < 1.29 is 4.79 Å². The Hall–Kier alpha value is -0.570. The third kappa shape index (κ3) is 2.71. The highest BCUT2D eigenvalue weighted by Gasteiger charge is 2.30. The molecule has 0 aromatic heterocycles. The van der Waals surface area contributed by atoms with Crippen LogP contribution in [0.2, 0.25) is 0 Å². The van der Waals surface area contributed by atoms with Crippen molar-refractivity contribution in [1.82, 2.24) is 5.32 Å². The second kappa shape index (κ2) is 4.52. The predicted molar refractivity (Wildman–Crippen MR) is 60.3 cm³/mol. The van der Waals surface area contributed by atoms with Gasteiger partial charge in [-0.3, -0.25) is 4.79 Å². The number of primary amides is 1. The van der Waals surface area contributed by atoms with Crippen LogP contribution in [0.3, 0.4) is 0 Å². The molecule has 0 aromatic rings. The molecule has 0 spiro atoms. The Balaban J connectivity index is 1.67. The number of nitrogens with two attached hydrogens (primary N) is 1. The lowest BCUT2D eigenvalue weighted by Gasteiger charge is -2.38.